The summed E-state index contributed by atoms with van der Waals surface area (Å²) in [6.07, 6.45) is -4.10. The summed E-state index contributed by atoms with van der Waals surface area (Å²) in [6, 6.07) is 6.03. The van der Waals surface area contributed by atoms with Gasteiger partial charge in [-0.1, -0.05) is 54.7 Å². The van der Waals surface area contributed by atoms with Gasteiger partial charge in [0, 0.05) is 13.1 Å². The molecule has 0 saturated heterocycles. The average Bonchev–Trinajstić information content (AvgIpc) is 2.80. The molecule has 0 radical (unpaired) electrons. The van der Waals surface area contributed by atoms with Crippen molar-refractivity contribution in [3.8, 4) is 0 Å². The smallest absolute Gasteiger partial charge is 0.354 e. The molecule has 7 nitrogen and oxygen atoms in total. The van der Waals surface area contributed by atoms with E-state index < -0.39 is 56.9 Å². The Balaban J connectivity index is 2.48. The number of halogens is 6. The van der Waals surface area contributed by atoms with E-state index in [1.165, 1.54) is 19.1 Å². The number of hydrogen-bond acceptors (Lipinski definition) is 4. The predicted octanol–water partition coefficient (Wildman–Crippen LogP) is 5.62. The molecule has 2 rings (SSSR count). The van der Waals surface area contributed by atoms with Gasteiger partial charge in [0.2, 0.25) is 21.8 Å². The van der Waals surface area contributed by atoms with Crippen molar-refractivity contribution >= 4 is 62.3 Å². The fraction of sp³-hybridized carbons (Fsp3) is 0.417. The summed E-state index contributed by atoms with van der Waals surface area (Å²) in [5.74, 6) is -1.21. The number of amides is 2. The first kappa shape index (κ1) is 32.0. The molecule has 0 aliphatic heterocycles. The van der Waals surface area contributed by atoms with Crippen molar-refractivity contribution in [1.82, 2.24) is 10.2 Å². The van der Waals surface area contributed by atoms with Crippen LogP contribution in [0, 0.1) is 5.92 Å². The molecule has 2 amide bonds. The monoisotopic (exact) mass is 615 g/mol. The average molecular weight is 617 g/mol. The molecule has 38 heavy (non-hydrogen) atoms. The molecule has 0 bridgehead atoms. The van der Waals surface area contributed by atoms with E-state index in [1.54, 1.807) is 6.07 Å². The summed E-state index contributed by atoms with van der Waals surface area (Å²) in [7, 11) is -4.24. The summed E-state index contributed by atoms with van der Waals surface area (Å²) in [4.78, 5) is 27.4. The third kappa shape index (κ3) is 8.65. The van der Waals surface area contributed by atoms with Gasteiger partial charge in [-0.25, -0.2) is 8.42 Å². The molecule has 0 aromatic heterocycles. The molecule has 210 valence electrons. The third-order valence-electron chi connectivity index (χ3n) is 5.41. The number of alkyl halides is 3. The molecule has 0 aliphatic carbocycles. The van der Waals surface area contributed by atoms with Gasteiger partial charge < -0.3 is 10.2 Å². The van der Waals surface area contributed by atoms with Crippen LogP contribution in [0.25, 0.3) is 0 Å². The van der Waals surface area contributed by atoms with Gasteiger partial charge in [-0.3, -0.25) is 13.9 Å². The van der Waals surface area contributed by atoms with Crippen molar-refractivity contribution in [3.05, 3.63) is 62.6 Å². The van der Waals surface area contributed by atoms with Crippen LogP contribution in [0.4, 0.5) is 18.9 Å². The number of nitrogens with zero attached hydrogens (tertiary/aromatic N) is 2. The highest BCUT2D eigenvalue weighted by Gasteiger charge is 2.35. The van der Waals surface area contributed by atoms with E-state index in [1.807, 2.05) is 13.8 Å². The topological polar surface area (TPSA) is 86.8 Å². The van der Waals surface area contributed by atoms with Crippen molar-refractivity contribution < 1.29 is 31.2 Å². The zero-order valence-corrected chi connectivity index (χ0v) is 24.0. The lowest BCUT2D eigenvalue weighted by Gasteiger charge is -2.32. The first-order valence-electron chi connectivity index (χ1n) is 11.3. The van der Waals surface area contributed by atoms with Crippen LogP contribution in [-0.4, -0.2) is 50.5 Å². The maximum Gasteiger partial charge on any atom is 0.417 e. The number of carbonyl (C=O) groups excluding carboxylic acids is 2. The Morgan fingerprint density at radius 2 is 1.58 bits per heavy atom. The maximum absolute atomic E-state index is 13.5. The summed E-state index contributed by atoms with van der Waals surface area (Å²) in [5, 5.41) is 2.56. The van der Waals surface area contributed by atoms with Crippen molar-refractivity contribution in [2.24, 2.45) is 5.92 Å². The summed E-state index contributed by atoms with van der Waals surface area (Å²) >= 11 is 17.7. The molecule has 2 aromatic rings. The Morgan fingerprint density at radius 1 is 0.974 bits per heavy atom. The van der Waals surface area contributed by atoms with E-state index in [4.69, 9.17) is 34.8 Å². The lowest BCUT2D eigenvalue weighted by molar-refractivity contribution is -0.139. The molecule has 0 fully saturated rings. The Labute approximate surface area is 234 Å². The highest BCUT2D eigenvalue weighted by molar-refractivity contribution is 7.92. The van der Waals surface area contributed by atoms with E-state index in [0.717, 1.165) is 23.3 Å². The van der Waals surface area contributed by atoms with Crippen LogP contribution in [0.3, 0.4) is 0 Å². The van der Waals surface area contributed by atoms with Gasteiger partial charge in [0.25, 0.3) is 0 Å². The van der Waals surface area contributed by atoms with Gasteiger partial charge in [0.15, 0.2) is 0 Å². The number of benzene rings is 2. The summed E-state index contributed by atoms with van der Waals surface area (Å²) in [6.45, 7) is 4.53. The van der Waals surface area contributed by atoms with Crippen LogP contribution in [0.1, 0.15) is 31.9 Å². The van der Waals surface area contributed by atoms with Gasteiger partial charge in [-0.2, -0.15) is 13.2 Å². The van der Waals surface area contributed by atoms with Gasteiger partial charge in [-0.15, -0.1) is 0 Å². The van der Waals surface area contributed by atoms with Crippen LogP contribution >= 0.6 is 34.8 Å². The van der Waals surface area contributed by atoms with E-state index in [2.05, 4.69) is 5.32 Å². The molecule has 0 aliphatic rings. The van der Waals surface area contributed by atoms with E-state index >= 15 is 0 Å². The largest absolute Gasteiger partial charge is 0.417 e. The fourth-order valence-electron chi connectivity index (χ4n) is 3.37. The predicted molar refractivity (Wildman–Crippen MR) is 143 cm³/mol. The molecular weight excluding hydrogens is 590 g/mol. The molecule has 1 atom stereocenters. The summed E-state index contributed by atoms with van der Waals surface area (Å²) < 4.78 is 65.9. The maximum atomic E-state index is 13.5. The van der Waals surface area contributed by atoms with Crippen LogP contribution < -0.4 is 9.62 Å². The zero-order valence-electron chi connectivity index (χ0n) is 20.9. The lowest BCUT2D eigenvalue weighted by atomic mass is 10.1. The van der Waals surface area contributed by atoms with E-state index in [9.17, 15) is 31.2 Å². The van der Waals surface area contributed by atoms with Crippen molar-refractivity contribution in [2.75, 3.05) is 23.7 Å². The SMILES string of the molecule is CC(C)CNC(=O)[C@H](C)N(Cc1ccc(Cl)c(Cl)c1)C(=O)CN(c1ccc(Cl)c(C(F)(F)F)c1)S(C)(=O)=O. The fourth-order valence-corrected chi connectivity index (χ4v) is 4.76. The quantitative estimate of drug-likeness (QED) is 0.376. The van der Waals surface area contributed by atoms with Crippen molar-refractivity contribution in [3.63, 3.8) is 0 Å². The highest BCUT2D eigenvalue weighted by atomic mass is 35.5. The molecule has 0 saturated carbocycles. The number of carbonyl (C=O) groups is 2. The number of nitrogens with one attached hydrogen (secondary N) is 1. The standard InChI is InChI=1S/C24H27Cl3F3N3O4S/c1-14(2)11-31-23(35)15(3)32(12-16-5-7-20(26)21(27)9-16)22(34)13-33(38(4,36)37)17-6-8-19(25)18(10-17)24(28,29)30/h5-10,14-15H,11-13H2,1-4H3,(H,31,35)/t15-/m0/s1. The first-order valence-corrected chi connectivity index (χ1v) is 14.3. The molecular formula is C24H27Cl3F3N3O4S. The van der Waals surface area contributed by atoms with Gasteiger partial charge in [0.1, 0.15) is 12.6 Å². The normalized spacial score (nSPS) is 12.8. The van der Waals surface area contributed by atoms with Crippen LogP contribution in [0.2, 0.25) is 15.1 Å². The highest BCUT2D eigenvalue weighted by Crippen LogP contribution is 2.37. The molecule has 0 unspecified atom stereocenters. The number of hydrogen-bond donors (Lipinski definition) is 1. The minimum absolute atomic E-state index is 0.124. The third-order valence-corrected chi connectivity index (χ3v) is 7.62. The molecule has 0 heterocycles. The van der Waals surface area contributed by atoms with Gasteiger partial charge in [-0.05, 0) is 48.7 Å². The Kier molecular flexibility index (Phi) is 10.7. The van der Waals surface area contributed by atoms with Crippen LogP contribution in [0.15, 0.2) is 36.4 Å². The second kappa shape index (κ2) is 12.8. The Bertz CT molecular complexity index is 1290. The second-order valence-electron chi connectivity index (χ2n) is 9.02. The number of anilines is 1. The van der Waals surface area contributed by atoms with Crippen LogP contribution in [-0.2, 0) is 32.3 Å². The van der Waals surface area contributed by atoms with Crippen LogP contribution in [0.5, 0.6) is 0 Å². The molecule has 2 aromatic carbocycles. The minimum Gasteiger partial charge on any atom is -0.354 e. The molecule has 14 heteroatoms. The summed E-state index contributed by atoms with van der Waals surface area (Å²) in [5.41, 5.74) is -1.18. The zero-order chi connectivity index (χ0) is 29.0. The lowest BCUT2D eigenvalue weighted by Crippen LogP contribution is -2.51. The van der Waals surface area contributed by atoms with E-state index in [-0.39, 0.29) is 22.5 Å². The van der Waals surface area contributed by atoms with E-state index in [0.29, 0.717) is 22.5 Å². The first-order chi connectivity index (χ1) is 17.4. The molecule has 1 N–H and O–H groups in total. The Morgan fingerprint density at radius 3 is 2.11 bits per heavy atom. The number of rotatable bonds is 10. The van der Waals surface area contributed by atoms with Crippen molar-refractivity contribution in [2.45, 2.75) is 39.5 Å². The van der Waals surface area contributed by atoms with Crippen molar-refractivity contribution in [1.29, 1.82) is 0 Å². The second-order valence-corrected chi connectivity index (χ2v) is 12.1. The minimum atomic E-state index is -4.86. The number of sulfonamides is 1. The Hall–Kier alpha value is -2.21. The molecule has 0 spiro atoms. The van der Waals surface area contributed by atoms with Gasteiger partial charge >= 0.3 is 6.18 Å². The van der Waals surface area contributed by atoms with Gasteiger partial charge in [0.05, 0.1) is 32.6 Å².